The van der Waals surface area contributed by atoms with Crippen LogP contribution in [0.15, 0.2) is 10.7 Å². The van der Waals surface area contributed by atoms with E-state index in [0.29, 0.717) is 0 Å². The third kappa shape index (κ3) is 2.37. The van der Waals surface area contributed by atoms with E-state index in [1.54, 1.807) is 6.26 Å². The molecule has 0 aromatic carbocycles. The van der Waals surface area contributed by atoms with E-state index in [1.807, 2.05) is 0 Å². The second kappa shape index (κ2) is 4.16. The van der Waals surface area contributed by atoms with Gasteiger partial charge in [0.1, 0.15) is 6.26 Å². The van der Waals surface area contributed by atoms with Gasteiger partial charge in [0.15, 0.2) is 5.89 Å². The minimum absolute atomic E-state index is 0.885. The molecule has 0 spiro atoms. The van der Waals surface area contributed by atoms with Crippen LogP contribution in [0.1, 0.15) is 38.3 Å². The quantitative estimate of drug-likeness (QED) is 0.664. The van der Waals surface area contributed by atoms with Gasteiger partial charge in [-0.1, -0.05) is 20.3 Å². The summed E-state index contributed by atoms with van der Waals surface area (Å²) < 4.78 is 5.25. The van der Waals surface area contributed by atoms with E-state index < -0.39 is 0 Å². The molecule has 0 aliphatic carbocycles. The first-order chi connectivity index (χ1) is 5.36. The average molecular weight is 153 g/mol. The SMILES string of the molecule is CCCc1coc(CCC)n1. The van der Waals surface area contributed by atoms with E-state index >= 15 is 0 Å². The lowest BCUT2D eigenvalue weighted by atomic mass is 10.3. The molecule has 0 amide bonds. The number of hydrogen-bond acceptors (Lipinski definition) is 2. The molecule has 1 heterocycles. The van der Waals surface area contributed by atoms with Crippen LogP contribution in [0.2, 0.25) is 0 Å². The Morgan fingerprint density at radius 3 is 2.64 bits per heavy atom. The molecule has 0 aliphatic rings. The van der Waals surface area contributed by atoms with Crippen molar-refractivity contribution in [2.24, 2.45) is 0 Å². The van der Waals surface area contributed by atoms with E-state index in [0.717, 1.165) is 37.3 Å². The maximum atomic E-state index is 5.25. The van der Waals surface area contributed by atoms with Crippen LogP contribution in [-0.2, 0) is 12.8 Å². The second-order valence-electron chi connectivity index (χ2n) is 2.73. The number of aromatic nitrogens is 1. The summed E-state index contributed by atoms with van der Waals surface area (Å²) in [6, 6.07) is 0. The van der Waals surface area contributed by atoms with Crippen molar-refractivity contribution in [3.05, 3.63) is 17.8 Å². The summed E-state index contributed by atoms with van der Waals surface area (Å²) >= 11 is 0. The zero-order valence-electron chi connectivity index (χ0n) is 7.26. The molecule has 11 heavy (non-hydrogen) atoms. The predicted octanol–water partition coefficient (Wildman–Crippen LogP) is 2.58. The molecule has 0 saturated heterocycles. The first-order valence-electron chi connectivity index (χ1n) is 4.30. The van der Waals surface area contributed by atoms with Gasteiger partial charge in [0.2, 0.25) is 0 Å². The molecule has 0 saturated carbocycles. The third-order valence-electron chi connectivity index (χ3n) is 1.57. The van der Waals surface area contributed by atoms with Crippen LogP contribution >= 0.6 is 0 Å². The summed E-state index contributed by atoms with van der Waals surface area (Å²) in [5.41, 5.74) is 1.09. The van der Waals surface area contributed by atoms with Gasteiger partial charge in [-0.3, -0.25) is 0 Å². The molecule has 2 heteroatoms. The van der Waals surface area contributed by atoms with Crippen LogP contribution in [0, 0.1) is 0 Å². The highest BCUT2D eigenvalue weighted by Crippen LogP contribution is 2.05. The number of nitrogens with zero attached hydrogens (tertiary/aromatic N) is 1. The topological polar surface area (TPSA) is 26.0 Å². The summed E-state index contributed by atoms with van der Waals surface area (Å²) in [7, 11) is 0. The molecule has 62 valence electrons. The molecule has 0 fully saturated rings. The van der Waals surface area contributed by atoms with E-state index in [1.165, 1.54) is 0 Å². The average Bonchev–Trinajstić information content (AvgIpc) is 2.38. The van der Waals surface area contributed by atoms with Crippen molar-refractivity contribution < 1.29 is 4.42 Å². The van der Waals surface area contributed by atoms with Gasteiger partial charge in [-0.25, -0.2) is 4.98 Å². The Morgan fingerprint density at radius 1 is 1.27 bits per heavy atom. The molecule has 0 atom stereocenters. The van der Waals surface area contributed by atoms with Crippen molar-refractivity contribution in [2.45, 2.75) is 39.5 Å². The molecule has 1 aromatic rings. The standard InChI is InChI=1S/C9H15NO/c1-3-5-8-7-11-9(10-8)6-4-2/h7H,3-6H2,1-2H3. The van der Waals surface area contributed by atoms with Gasteiger partial charge < -0.3 is 4.42 Å². The highest BCUT2D eigenvalue weighted by Gasteiger charge is 2.00. The smallest absolute Gasteiger partial charge is 0.194 e. The highest BCUT2D eigenvalue weighted by molar-refractivity contribution is 4.96. The molecule has 2 nitrogen and oxygen atoms in total. The number of hydrogen-bond donors (Lipinski definition) is 0. The molecule has 1 aromatic heterocycles. The Bertz CT molecular complexity index is 185. The van der Waals surface area contributed by atoms with Crippen molar-refractivity contribution >= 4 is 0 Å². The monoisotopic (exact) mass is 153 g/mol. The van der Waals surface area contributed by atoms with Gasteiger partial charge in [-0.05, 0) is 12.8 Å². The lowest BCUT2D eigenvalue weighted by Gasteiger charge is -1.87. The second-order valence-corrected chi connectivity index (χ2v) is 2.73. The molecular formula is C9H15NO. The molecule has 0 bridgehead atoms. The summed E-state index contributed by atoms with van der Waals surface area (Å²) in [5.74, 6) is 0.885. The van der Waals surface area contributed by atoms with Gasteiger partial charge in [-0.15, -0.1) is 0 Å². The Balaban J connectivity index is 2.51. The van der Waals surface area contributed by atoms with Gasteiger partial charge in [0.25, 0.3) is 0 Å². The lowest BCUT2D eigenvalue weighted by Crippen LogP contribution is -1.85. The predicted molar refractivity (Wildman–Crippen MR) is 44.5 cm³/mol. The zero-order chi connectivity index (χ0) is 8.10. The highest BCUT2D eigenvalue weighted by atomic mass is 16.3. The molecule has 0 aliphatic heterocycles. The zero-order valence-corrected chi connectivity index (χ0v) is 7.26. The van der Waals surface area contributed by atoms with E-state index in [9.17, 15) is 0 Å². The number of oxazole rings is 1. The van der Waals surface area contributed by atoms with E-state index in [4.69, 9.17) is 4.42 Å². The van der Waals surface area contributed by atoms with Gasteiger partial charge in [0.05, 0.1) is 5.69 Å². The fourth-order valence-electron chi connectivity index (χ4n) is 1.05. The van der Waals surface area contributed by atoms with Gasteiger partial charge in [0, 0.05) is 6.42 Å². The summed E-state index contributed by atoms with van der Waals surface area (Å²) in [5, 5.41) is 0. The van der Waals surface area contributed by atoms with Crippen LogP contribution in [0.25, 0.3) is 0 Å². The molecule has 0 N–H and O–H groups in total. The molecular weight excluding hydrogens is 138 g/mol. The molecule has 0 radical (unpaired) electrons. The lowest BCUT2D eigenvalue weighted by molar-refractivity contribution is 0.491. The van der Waals surface area contributed by atoms with Crippen molar-refractivity contribution in [1.82, 2.24) is 4.98 Å². The number of rotatable bonds is 4. The van der Waals surface area contributed by atoms with Crippen molar-refractivity contribution in [2.75, 3.05) is 0 Å². The summed E-state index contributed by atoms with van der Waals surface area (Å²) in [4.78, 5) is 4.32. The first-order valence-corrected chi connectivity index (χ1v) is 4.30. The van der Waals surface area contributed by atoms with Crippen LogP contribution in [0.3, 0.4) is 0 Å². The minimum atomic E-state index is 0.885. The normalized spacial score (nSPS) is 10.4. The summed E-state index contributed by atoms with van der Waals surface area (Å²) in [6.45, 7) is 4.28. The fraction of sp³-hybridized carbons (Fsp3) is 0.667. The Morgan fingerprint density at radius 2 is 2.00 bits per heavy atom. The van der Waals surface area contributed by atoms with Crippen LogP contribution in [0.5, 0.6) is 0 Å². The van der Waals surface area contributed by atoms with Crippen molar-refractivity contribution in [3.63, 3.8) is 0 Å². The van der Waals surface area contributed by atoms with Gasteiger partial charge >= 0.3 is 0 Å². The molecule has 0 unspecified atom stereocenters. The van der Waals surface area contributed by atoms with Crippen molar-refractivity contribution in [1.29, 1.82) is 0 Å². The summed E-state index contributed by atoms with van der Waals surface area (Å²) in [6.07, 6.45) is 6.01. The van der Waals surface area contributed by atoms with E-state index in [2.05, 4.69) is 18.8 Å². The third-order valence-corrected chi connectivity index (χ3v) is 1.57. The fourth-order valence-corrected chi connectivity index (χ4v) is 1.05. The Kier molecular flexibility index (Phi) is 3.14. The molecule has 1 rings (SSSR count). The van der Waals surface area contributed by atoms with Gasteiger partial charge in [-0.2, -0.15) is 0 Å². The van der Waals surface area contributed by atoms with Crippen LogP contribution in [0.4, 0.5) is 0 Å². The maximum absolute atomic E-state index is 5.25. The minimum Gasteiger partial charge on any atom is -0.449 e. The Labute approximate surface area is 67.6 Å². The number of aryl methyl sites for hydroxylation is 2. The van der Waals surface area contributed by atoms with Crippen LogP contribution in [-0.4, -0.2) is 4.98 Å². The van der Waals surface area contributed by atoms with E-state index in [-0.39, 0.29) is 0 Å². The largest absolute Gasteiger partial charge is 0.449 e. The van der Waals surface area contributed by atoms with Crippen molar-refractivity contribution in [3.8, 4) is 0 Å². The maximum Gasteiger partial charge on any atom is 0.194 e. The van der Waals surface area contributed by atoms with Crippen LogP contribution < -0.4 is 0 Å². The Hall–Kier alpha value is -0.790. The first kappa shape index (κ1) is 8.31.